The lowest BCUT2D eigenvalue weighted by atomic mass is 10.3. The van der Waals surface area contributed by atoms with Crippen molar-refractivity contribution in [2.45, 2.75) is 19.8 Å². The summed E-state index contributed by atoms with van der Waals surface area (Å²) < 4.78 is 1.26. The van der Waals surface area contributed by atoms with Gasteiger partial charge >= 0.3 is 0 Å². The first-order valence-corrected chi connectivity index (χ1v) is 6.16. The minimum Gasteiger partial charge on any atom is -0.361 e. The summed E-state index contributed by atoms with van der Waals surface area (Å²) in [5, 5.41) is 9.88. The third kappa shape index (κ3) is 3.31. The van der Waals surface area contributed by atoms with Gasteiger partial charge < -0.3 is 10.7 Å². The van der Waals surface area contributed by atoms with Gasteiger partial charge in [0.2, 0.25) is 0 Å². The molecular weight excluding hydrogens is 218 g/mol. The second-order valence-corrected chi connectivity index (χ2v) is 4.30. The van der Waals surface area contributed by atoms with Crippen LogP contribution in [0.4, 0.5) is 5.13 Å². The molecule has 0 saturated heterocycles. The van der Waals surface area contributed by atoms with E-state index in [0.717, 1.165) is 17.2 Å². The van der Waals surface area contributed by atoms with Crippen molar-refractivity contribution in [2.75, 3.05) is 11.9 Å². The molecule has 0 amide bonds. The fourth-order valence-corrected chi connectivity index (χ4v) is 2.21. The van der Waals surface area contributed by atoms with Crippen molar-refractivity contribution >= 4 is 33.4 Å². The third-order valence-electron chi connectivity index (χ3n) is 2.10. The van der Waals surface area contributed by atoms with Crippen molar-refractivity contribution in [2.24, 2.45) is 0 Å². The monoisotopic (exact) mass is 235 g/mol. The van der Waals surface area contributed by atoms with E-state index in [4.69, 9.17) is 5.41 Å². The van der Waals surface area contributed by atoms with Gasteiger partial charge in [0.15, 0.2) is 5.13 Å². The van der Waals surface area contributed by atoms with Gasteiger partial charge in [0.05, 0.1) is 10.2 Å². The predicted octanol–water partition coefficient (Wildman–Crippen LogP) is 3.77. The molecule has 86 valence electrons. The molecule has 1 aromatic heterocycles. The first-order valence-electron chi connectivity index (χ1n) is 5.35. The van der Waals surface area contributed by atoms with E-state index in [1.807, 2.05) is 6.07 Å². The van der Waals surface area contributed by atoms with E-state index in [2.05, 4.69) is 42.1 Å². The van der Waals surface area contributed by atoms with Gasteiger partial charge in [-0.25, -0.2) is 4.98 Å². The van der Waals surface area contributed by atoms with Crippen LogP contribution in [0.2, 0.25) is 0 Å². The number of unbranched alkanes of at least 4 members (excludes halogenated alkanes) is 1. The smallest absolute Gasteiger partial charge is 0.183 e. The van der Waals surface area contributed by atoms with E-state index < -0.39 is 0 Å². The van der Waals surface area contributed by atoms with Gasteiger partial charge in [0.25, 0.3) is 0 Å². The molecule has 2 N–H and O–H groups in total. The van der Waals surface area contributed by atoms with E-state index in [-0.39, 0.29) is 0 Å². The van der Waals surface area contributed by atoms with Crippen molar-refractivity contribution in [1.82, 2.24) is 4.98 Å². The van der Waals surface area contributed by atoms with Gasteiger partial charge in [-0.3, -0.25) is 0 Å². The molecule has 0 unspecified atom stereocenters. The zero-order chi connectivity index (χ0) is 11.8. The van der Waals surface area contributed by atoms with Crippen LogP contribution in [-0.4, -0.2) is 18.2 Å². The lowest BCUT2D eigenvalue weighted by molar-refractivity contribution is 0.834. The molecule has 0 aliphatic rings. The Bertz CT molecular complexity index is 392. The summed E-state index contributed by atoms with van der Waals surface area (Å²) in [7, 11) is 0. The number of para-hydroxylation sites is 1. The summed E-state index contributed by atoms with van der Waals surface area (Å²) >= 11 is 1.73. The van der Waals surface area contributed by atoms with Crippen LogP contribution in [0.15, 0.2) is 24.3 Å². The topological polar surface area (TPSA) is 48.8 Å². The lowest BCUT2D eigenvalue weighted by Gasteiger charge is -1.98. The molecule has 1 aromatic carbocycles. The van der Waals surface area contributed by atoms with Crippen LogP contribution in [-0.2, 0) is 0 Å². The number of aromatic nitrogens is 1. The molecule has 0 radical (unpaired) electrons. The first kappa shape index (κ1) is 12.6. The number of hydrogen-bond acceptors (Lipinski definition) is 4. The standard InChI is InChI=1S/C11H14N2S.CH3N/c1-2-3-8-12-11-13-9-6-4-5-7-10(9)14-11;1-2/h4-7H,2-3,8H2,1H3,(H,12,13);2H,1H2. The molecule has 0 atom stereocenters. The van der Waals surface area contributed by atoms with Crippen LogP contribution in [0.5, 0.6) is 0 Å². The van der Waals surface area contributed by atoms with Crippen LogP contribution in [0.3, 0.4) is 0 Å². The lowest BCUT2D eigenvalue weighted by Crippen LogP contribution is -1.99. The molecule has 3 nitrogen and oxygen atoms in total. The Labute approximate surface area is 100 Å². The van der Waals surface area contributed by atoms with E-state index in [9.17, 15) is 0 Å². The average molecular weight is 235 g/mol. The molecule has 0 spiro atoms. The summed E-state index contributed by atoms with van der Waals surface area (Å²) in [6, 6.07) is 8.24. The second-order valence-electron chi connectivity index (χ2n) is 3.27. The Morgan fingerprint density at radius 3 is 2.81 bits per heavy atom. The van der Waals surface area contributed by atoms with Gasteiger partial charge in [0, 0.05) is 6.54 Å². The molecule has 1 heterocycles. The molecule has 0 aliphatic carbocycles. The zero-order valence-electron chi connectivity index (χ0n) is 9.49. The van der Waals surface area contributed by atoms with Crippen molar-refractivity contribution in [3.05, 3.63) is 24.3 Å². The summed E-state index contributed by atoms with van der Waals surface area (Å²) in [5.74, 6) is 0. The average Bonchev–Trinajstić information content (AvgIpc) is 2.74. The highest BCUT2D eigenvalue weighted by Gasteiger charge is 2.00. The Balaban J connectivity index is 0.000000606. The van der Waals surface area contributed by atoms with E-state index in [1.54, 1.807) is 11.3 Å². The number of nitrogens with one attached hydrogen (secondary N) is 2. The van der Waals surface area contributed by atoms with Crippen LogP contribution < -0.4 is 5.32 Å². The maximum absolute atomic E-state index is 5.50. The Morgan fingerprint density at radius 1 is 1.38 bits per heavy atom. The van der Waals surface area contributed by atoms with Crippen LogP contribution in [0, 0.1) is 5.41 Å². The van der Waals surface area contributed by atoms with Crippen molar-refractivity contribution in [1.29, 1.82) is 5.41 Å². The quantitative estimate of drug-likeness (QED) is 0.626. The number of thiazole rings is 1. The highest BCUT2D eigenvalue weighted by molar-refractivity contribution is 7.22. The van der Waals surface area contributed by atoms with Gasteiger partial charge in [-0.1, -0.05) is 36.8 Å². The first-order chi connectivity index (χ1) is 7.90. The second kappa shape index (κ2) is 6.95. The van der Waals surface area contributed by atoms with Gasteiger partial charge in [-0.2, -0.15) is 0 Å². The Morgan fingerprint density at radius 2 is 2.12 bits per heavy atom. The molecule has 2 rings (SSSR count). The van der Waals surface area contributed by atoms with E-state index in [1.165, 1.54) is 17.5 Å². The van der Waals surface area contributed by atoms with Gasteiger partial charge in [-0.15, -0.1) is 0 Å². The van der Waals surface area contributed by atoms with Crippen molar-refractivity contribution in [3.8, 4) is 0 Å². The van der Waals surface area contributed by atoms with Gasteiger partial charge in [0.1, 0.15) is 0 Å². The fraction of sp³-hybridized carbons (Fsp3) is 0.333. The number of anilines is 1. The zero-order valence-corrected chi connectivity index (χ0v) is 10.3. The molecule has 16 heavy (non-hydrogen) atoms. The third-order valence-corrected chi connectivity index (χ3v) is 3.09. The molecule has 4 heteroatoms. The van der Waals surface area contributed by atoms with Crippen LogP contribution in [0.25, 0.3) is 10.2 Å². The fourth-order valence-electron chi connectivity index (χ4n) is 1.32. The summed E-state index contributed by atoms with van der Waals surface area (Å²) in [4.78, 5) is 4.49. The summed E-state index contributed by atoms with van der Waals surface area (Å²) in [6.45, 7) is 5.72. The molecule has 0 aliphatic heterocycles. The normalized spacial score (nSPS) is 9.56. The molecular formula is C12H17N3S. The number of fused-ring (bicyclic) bond motifs is 1. The number of benzene rings is 1. The number of hydrogen-bond donors (Lipinski definition) is 2. The largest absolute Gasteiger partial charge is 0.361 e. The Hall–Kier alpha value is -1.42. The van der Waals surface area contributed by atoms with Crippen molar-refractivity contribution < 1.29 is 0 Å². The highest BCUT2D eigenvalue weighted by atomic mass is 32.1. The predicted molar refractivity (Wildman–Crippen MR) is 72.9 cm³/mol. The molecule has 0 saturated carbocycles. The van der Waals surface area contributed by atoms with Crippen LogP contribution in [0.1, 0.15) is 19.8 Å². The summed E-state index contributed by atoms with van der Waals surface area (Å²) in [5.41, 5.74) is 1.09. The maximum atomic E-state index is 5.50. The van der Waals surface area contributed by atoms with Crippen molar-refractivity contribution in [3.63, 3.8) is 0 Å². The summed E-state index contributed by atoms with van der Waals surface area (Å²) in [6.07, 6.45) is 2.42. The minimum absolute atomic E-state index is 1.02. The highest BCUT2D eigenvalue weighted by Crippen LogP contribution is 2.25. The SMILES string of the molecule is C=N.CCCCNc1nc2ccccc2s1. The van der Waals surface area contributed by atoms with E-state index in [0.29, 0.717) is 0 Å². The maximum Gasteiger partial charge on any atom is 0.183 e. The minimum atomic E-state index is 1.02. The van der Waals surface area contributed by atoms with E-state index >= 15 is 0 Å². The van der Waals surface area contributed by atoms with Gasteiger partial charge in [-0.05, 0) is 25.3 Å². The number of nitrogens with zero attached hydrogens (tertiary/aromatic N) is 1. The number of rotatable bonds is 4. The Kier molecular flexibility index (Phi) is 5.50. The molecule has 0 bridgehead atoms. The molecule has 2 aromatic rings. The van der Waals surface area contributed by atoms with Crippen LogP contribution >= 0.6 is 11.3 Å². The molecule has 0 fully saturated rings.